The van der Waals surface area contributed by atoms with Gasteiger partial charge in [-0.1, -0.05) is 42.1 Å². The zero-order valence-electron chi connectivity index (χ0n) is 18.9. The largest absolute Gasteiger partial charge is 0.493 e. The van der Waals surface area contributed by atoms with Crippen molar-refractivity contribution in [2.45, 2.75) is 45.4 Å². The highest BCUT2D eigenvalue weighted by Crippen LogP contribution is 2.24. The topological polar surface area (TPSA) is 70.7 Å². The number of hydrogen-bond donors (Lipinski definition) is 2. The number of nitrogens with zero attached hydrogens (tertiary/aromatic N) is 1. The van der Waals surface area contributed by atoms with E-state index in [9.17, 15) is 9.59 Å². The highest BCUT2D eigenvalue weighted by Gasteiger charge is 2.19. The summed E-state index contributed by atoms with van der Waals surface area (Å²) in [5.74, 6) is 0.227. The van der Waals surface area contributed by atoms with Crippen LogP contribution in [-0.2, 0) is 0 Å². The predicted octanol–water partition coefficient (Wildman–Crippen LogP) is 5.77. The number of hydrogen-bond acceptors (Lipinski definition) is 4. The molecule has 176 valence electrons. The molecule has 0 aliphatic carbocycles. The van der Waals surface area contributed by atoms with Gasteiger partial charge < -0.3 is 15.0 Å². The second kappa shape index (κ2) is 12.7. The summed E-state index contributed by atoms with van der Waals surface area (Å²) in [5.41, 5.74) is 1.75. The van der Waals surface area contributed by atoms with E-state index < -0.39 is 0 Å². The fourth-order valence-electron chi connectivity index (χ4n) is 3.65. The van der Waals surface area contributed by atoms with Gasteiger partial charge in [-0.05, 0) is 73.9 Å². The van der Waals surface area contributed by atoms with Crippen LogP contribution in [0.2, 0.25) is 0 Å². The lowest BCUT2D eigenvalue weighted by Crippen LogP contribution is -2.34. The van der Waals surface area contributed by atoms with Gasteiger partial charge >= 0.3 is 0 Å². The molecule has 0 radical (unpaired) electrons. The van der Waals surface area contributed by atoms with Gasteiger partial charge in [0.2, 0.25) is 0 Å². The van der Waals surface area contributed by atoms with Crippen molar-refractivity contribution in [2.75, 3.05) is 25.0 Å². The van der Waals surface area contributed by atoms with E-state index in [0.29, 0.717) is 29.2 Å². The summed E-state index contributed by atoms with van der Waals surface area (Å²) < 4.78 is 6.64. The van der Waals surface area contributed by atoms with Gasteiger partial charge in [0, 0.05) is 28.8 Å². The number of carbonyl (C=O) groups excluding carboxylic acids is 2. The van der Waals surface area contributed by atoms with Gasteiger partial charge in [-0.25, -0.2) is 0 Å². The van der Waals surface area contributed by atoms with E-state index in [1.165, 1.54) is 6.42 Å². The Morgan fingerprint density at radius 3 is 2.48 bits per heavy atom. The van der Waals surface area contributed by atoms with E-state index in [1.54, 1.807) is 36.4 Å². The third kappa shape index (κ3) is 7.54. The Bertz CT molecular complexity index is 975. The first-order valence-electron chi connectivity index (χ1n) is 11.4. The number of ether oxygens (including phenoxy) is 1. The van der Waals surface area contributed by atoms with Crippen LogP contribution in [-0.4, -0.2) is 41.5 Å². The number of amides is 2. The summed E-state index contributed by atoms with van der Waals surface area (Å²) >= 11 is 8.74. The summed E-state index contributed by atoms with van der Waals surface area (Å²) in [6.45, 7) is 4.36. The summed E-state index contributed by atoms with van der Waals surface area (Å²) in [7, 11) is 0. The molecule has 1 aliphatic heterocycles. The first-order chi connectivity index (χ1) is 16.0. The molecule has 6 nitrogen and oxygen atoms in total. The van der Waals surface area contributed by atoms with Crippen molar-refractivity contribution in [3.63, 3.8) is 0 Å². The lowest BCUT2D eigenvalue weighted by Gasteiger charge is -2.16. The maximum atomic E-state index is 12.9. The van der Waals surface area contributed by atoms with Gasteiger partial charge in [-0.3, -0.25) is 14.9 Å². The highest BCUT2D eigenvalue weighted by molar-refractivity contribution is 9.10. The van der Waals surface area contributed by atoms with Crippen molar-refractivity contribution in [3.05, 3.63) is 58.1 Å². The van der Waals surface area contributed by atoms with Crippen LogP contribution in [0.25, 0.3) is 0 Å². The number of likely N-dealkylation sites (tertiary alicyclic amines) is 1. The molecule has 1 saturated heterocycles. The Morgan fingerprint density at radius 1 is 1.06 bits per heavy atom. The van der Waals surface area contributed by atoms with Crippen LogP contribution in [0, 0.1) is 0 Å². The quantitative estimate of drug-likeness (QED) is 0.317. The SMILES string of the molecule is CCCCCCOc1ccc(Br)cc1C(=O)NC(=S)Nc1ccc(C(=O)N2CCCC2)cc1. The lowest BCUT2D eigenvalue weighted by molar-refractivity contribution is 0.0792. The molecule has 0 bridgehead atoms. The molecule has 0 spiro atoms. The molecule has 1 fully saturated rings. The van der Waals surface area contributed by atoms with Crippen molar-refractivity contribution in [1.82, 2.24) is 10.2 Å². The number of anilines is 1. The Labute approximate surface area is 209 Å². The predicted molar refractivity (Wildman–Crippen MR) is 139 cm³/mol. The number of carbonyl (C=O) groups is 2. The Hall–Kier alpha value is -2.45. The highest BCUT2D eigenvalue weighted by atomic mass is 79.9. The summed E-state index contributed by atoms with van der Waals surface area (Å²) in [5, 5.41) is 5.88. The Morgan fingerprint density at radius 2 is 1.79 bits per heavy atom. The molecule has 2 aromatic rings. The smallest absolute Gasteiger partial charge is 0.261 e. The maximum absolute atomic E-state index is 12.9. The van der Waals surface area contributed by atoms with Crippen LogP contribution in [0.1, 0.15) is 66.2 Å². The van der Waals surface area contributed by atoms with Crippen molar-refractivity contribution in [1.29, 1.82) is 0 Å². The molecule has 0 saturated carbocycles. The van der Waals surface area contributed by atoms with Crippen LogP contribution < -0.4 is 15.4 Å². The molecule has 33 heavy (non-hydrogen) atoms. The second-order valence-electron chi connectivity index (χ2n) is 8.03. The van der Waals surface area contributed by atoms with E-state index in [2.05, 4.69) is 33.5 Å². The summed E-state index contributed by atoms with van der Waals surface area (Å²) in [6.07, 6.45) is 6.50. The second-order valence-corrected chi connectivity index (χ2v) is 9.36. The normalized spacial score (nSPS) is 13.0. The molecule has 0 unspecified atom stereocenters. The fourth-order valence-corrected chi connectivity index (χ4v) is 4.22. The molecule has 3 rings (SSSR count). The minimum Gasteiger partial charge on any atom is -0.493 e. The number of benzene rings is 2. The van der Waals surface area contributed by atoms with Crippen LogP contribution in [0.4, 0.5) is 5.69 Å². The van der Waals surface area contributed by atoms with Gasteiger partial charge in [-0.2, -0.15) is 0 Å². The molecular weight excluding hydrogens is 502 g/mol. The summed E-state index contributed by atoms with van der Waals surface area (Å²) in [6, 6.07) is 12.5. The molecule has 8 heteroatoms. The first kappa shape index (κ1) is 25.2. The third-order valence-electron chi connectivity index (χ3n) is 5.45. The standard InChI is InChI=1S/C25H30BrN3O3S/c1-2-3-4-7-16-32-22-13-10-19(26)17-21(22)23(30)28-25(33)27-20-11-8-18(9-12-20)24(31)29-14-5-6-15-29/h8-13,17H,2-7,14-16H2,1H3,(H2,27,28,30,33). The zero-order valence-corrected chi connectivity index (χ0v) is 21.3. The van der Waals surface area contributed by atoms with Crippen molar-refractivity contribution < 1.29 is 14.3 Å². The molecular formula is C25H30BrN3O3S. The minimum absolute atomic E-state index is 0.0480. The molecule has 2 N–H and O–H groups in total. The number of rotatable bonds is 9. The number of halogens is 1. The monoisotopic (exact) mass is 531 g/mol. The van der Waals surface area contributed by atoms with Gasteiger partial charge in [-0.15, -0.1) is 0 Å². The molecule has 0 atom stereocenters. The Balaban J connectivity index is 1.56. The van der Waals surface area contributed by atoms with Gasteiger partial charge in [0.1, 0.15) is 5.75 Å². The average molecular weight is 533 g/mol. The van der Waals surface area contributed by atoms with E-state index in [-0.39, 0.29) is 16.9 Å². The molecule has 2 amide bonds. The number of unbranched alkanes of at least 4 members (excludes halogenated alkanes) is 3. The average Bonchev–Trinajstić information content (AvgIpc) is 3.34. The van der Waals surface area contributed by atoms with Gasteiger partial charge in [0.25, 0.3) is 11.8 Å². The van der Waals surface area contributed by atoms with E-state index in [4.69, 9.17) is 17.0 Å². The van der Waals surface area contributed by atoms with Crippen LogP contribution in [0.3, 0.4) is 0 Å². The molecule has 1 aliphatic rings. The fraction of sp³-hybridized carbons (Fsp3) is 0.400. The van der Waals surface area contributed by atoms with Crippen LogP contribution >= 0.6 is 28.1 Å². The van der Waals surface area contributed by atoms with E-state index >= 15 is 0 Å². The molecule has 0 aromatic heterocycles. The maximum Gasteiger partial charge on any atom is 0.261 e. The van der Waals surface area contributed by atoms with E-state index in [0.717, 1.165) is 49.7 Å². The van der Waals surface area contributed by atoms with Crippen molar-refractivity contribution >= 4 is 50.8 Å². The minimum atomic E-state index is -0.349. The molecule has 1 heterocycles. The van der Waals surface area contributed by atoms with Gasteiger partial charge in [0.15, 0.2) is 5.11 Å². The van der Waals surface area contributed by atoms with Crippen LogP contribution in [0.15, 0.2) is 46.9 Å². The molecule has 2 aromatic carbocycles. The van der Waals surface area contributed by atoms with E-state index in [1.807, 2.05) is 11.0 Å². The van der Waals surface area contributed by atoms with Crippen molar-refractivity contribution in [3.8, 4) is 5.75 Å². The lowest BCUT2D eigenvalue weighted by atomic mass is 10.2. The first-order valence-corrected chi connectivity index (χ1v) is 12.6. The van der Waals surface area contributed by atoms with Crippen molar-refractivity contribution in [2.24, 2.45) is 0 Å². The number of nitrogens with one attached hydrogen (secondary N) is 2. The summed E-state index contributed by atoms with van der Waals surface area (Å²) in [4.78, 5) is 27.2. The zero-order chi connectivity index (χ0) is 23.6. The van der Waals surface area contributed by atoms with Crippen LogP contribution in [0.5, 0.6) is 5.75 Å². The Kier molecular flexibility index (Phi) is 9.69. The third-order valence-corrected chi connectivity index (χ3v) is 6.15. The van der Waals surface area contributed by atoms with Gasteiger partial charge in [0.05, 0.1) is 12.2 Å². The number of thiocarbonyl (C=S) groups is 1.